The Balaban J connectivity index is 0.00000225. The molecule has 1 aliphatic carbocycles. The van der Waals surface area contributed by atoms with E-state index in [0.29, 0.717) is 12.1 Å². The van der Waals surface area contributed by atoms with E-state index in [2.05, 4.69) is 15.6 Å². The minimum Gasteiger partial charge on any atom is -0.350 e. The number of amides is 1. The number of H-pyrrole nitrogens is 1. The number of rotatable bonds is 6. The monoisotopic (exact) mass is 366 g/mol. The zero-order chi connectivity index (χ0) is 17.1. The van der Waals surface area contributed by atoms with Gasteiger partial charge >= 0.3 is 5.69 Å². The van der Waals surface area contributed by atoms with Crippen LogP contribution in [0.4, 0.5) is 0 Å². The van der Waals surface area contributed by atoms with Gasteiger partial charge in [-0.3, -0.25) is 9.36 Å². The summed E-state index contributed by atoms with van der Waals surface area (Å²) in [6, 6.07) is 5.97. The standard InChI is InChI=1S/C18H26N4O2.ClH/c1-3-19-12(2)11-20-17(23)13-8-9-16-15(10-13)21-18(24)22(16)14-6-4-5-7-14;/h8-10,12,14,19H,3-7,11H2,1-2H3,(H,20,23)(H,21,24);1H/t12-;/m1./s1. The predicted molar refractivity (Wildman–Crippen MR) is 103 cm³/mol. The molecule has 3 N–H and O–H groups in total. The molecule has 138 valence electrons. The highest BCUT2D eigenvalue weighted by Gasteiger charge is 2.21. The first-order valence-corrected chi connectivity index (χ1v) is 8.86. The summed E-state index contributed by atoms with van der Waals surface area (Å²) < 4.78 is 1.86. The Morgan fingerprint density at radius 3 is 2.76 bits per heavy atom. The number of hydrogen-bond donors (Lipinski definition) is 3. The van der Waals surface area contributed by atoms with Crippen LogP contribution in [0.3, 0.4) is 0 Å². The van der Waals surface area contributed by atoms with E-state index in [-0.39, 0.29) is 36.1 Å². The van der Waals surface area contributed by atoms with Crippen LogP contribution in [-0.2, 0) is 0 Å². The fraction of sp³-hybridized carbons (Fsp3) is 0.556. The van der Waals surface area contributed by atoms with Gasteiger partial charge in [-0.15, -0.1) is 12.4 Å². The van der Waals surface area contributed by atoms with Crippen LogP contribution in [0, 0.1) is 0 Å². The summed E-state index contributed by atoms with van der Waals surface area (Å²) in [5.41, 5.74) is 2.13. The summed E-state index contributed by atoms with van der Waals surface area (Å²) in [4.78, 5) is 27.5. The number of imidazole rings is 1. The van der Waals surface area contributed by atoms with E-state index in [9.17, 15) is 9.59 Å². The second-order valence-corrected chi connectivity index (χ2v) is 6.64. The summed E-state index contributed by atoms with van der Waals surface area (Å²) in [5.74, 6) is -0.115. The lowest BCUT2D eigenvalue weighted by Gasteiger charge is -2.13. The van der Waals surface area contributed by atoms with Gasteiger partial charge in [0.05, 0.1) is 11.0 Å². The van der Waals surface area contributed by atoms with Crippen LogP contribution in [-0.4, -0.2) is 34.6 Å². The maximum atomic E-state index is 12.3. The molecule has 1 fully saturated rings. The van der Waals surface area contributed by atoms with Gasteiger partial charge in [0.25, 0.3) is 5.91 Å². The zero-order valence-electron chi connectivity index (χ0n) is 14.8. The van der Waals surface area contributed by atoms with E-state index in [0.717, 1.165) is 30.4 Å². The Kier molecular flexibility index (Phi) is 6.67. The second-order valence-electron chi connectivity index (χ2n) is 6.64. The van der Waals surface area contributed by atoms with Gasteiger partial charge in [0, 0.05) is 24.2 Å². The fourth-order valence-electron chi connectivity index (χ4n) is 3.57. The number of likely N-dealkylation sites (N-methyl/N-ethyl adjacent to an activating group) is 1. The van der Waals surface area contributed by atoms with Crippen LogP contribution in [0.1, 0.15) is 55.9 Å². The Bertz CT molecular complexity index is 777. The molecule has 1 saturated carbocycles. The van der Waals surface area contributed by atoms with Crippen molar-refractivity contribution in [2.45, 2.75) is 51.6 Å². The van der Waals surface area contributed by atoms with E-state index in [4.69, 9.17) is 0 Å². The Labute approximate surface area is 153 Å². The average Bonchev–Trinajstić information content (AvgIpc) is 3.18. The van der Waals surface area contributed by atoms with Gasteiger partial charge < -0.3 is 15.6 Å². The highest BCUT2D eigenvalue weighted by atomic mass is 35.5. The first-order chi connectivity index (χ1) is 11.6. The Hall–Kier alpha value is -1.79. The van der Waals surface area contributed by atoms with Gasteiger partial charge in [0.2, 0.25) is 0 Å². The van der Waals surface area contributed by atoms with Crippen molar-refractivity contribution in [2.75, 3.05) is 13.1 Å². The molecule has 25 heavy (non-hydrogen) atoms. The molecular formula is C18H27ClN4O2. The summed E-state index contributed by atoms with van der Waals surface area (Å²) >= 11 is 0. The predicted octanol–water partition coefficient (Wildman–Crippen LogP) is 2.59. The molecule has 2 aromatic rings. The van der Waals surface area contributed by atoms with Crippen LogP contribution in [0.25, 0.3) is 11.0 Å². The highest BCUT2D eigenvalue weighted by Crippen LogP contribution is 2.30. The maximum Gasteiger partial charge on any atom is 0.326 e. The van der Waals surface area contributed by atoms with Crippen molar-refractivity contribution < 1.29 is 4.79 Å². The number of nitrogens with zero attached hydrogens (tertiary/aromatic N) is 1. The van der Waals surface area contributed by atoms with Gasteiger partial charge in [-0.2, -0.15) is 0 Å². The van der Waals surface area contributed by atoms with E-state index in [1.807, 2.05) is 24.5 Å². The number of fused-ring (bicyclic) bond motifs is 1. The molecule has 1 amide bonds. The minimum atomic E-state index is -0.115. The number of nitrogens with one attached hydrogen (secondary N) is 3. The number of aromatic amines is 1. The third-order valence-electron chi connectivity index (χ3n) is 4.79. The summed E-state index contributed by atoms with van der Waals surface area (Å²) in [6.45, 7) is 5.52. The fourth-order valence-corrected chi connectivity index (χ4v) is 3.57. The van der Waals surface area contributed by atoms with E-state index in [1.54, 1.807) is 12.1 Å². The van der Waals surface area contributed by atoms with Gasteiger partial charge in [0.1, 0.15) is 0 Å². The lowest BCUT2D eigenvalue weighted by atomic mass is 10.1. The number of hydrogen-bond acceptors (Lipinski definition) is 3. The molecule has 1 aliphatic rings. The average molecular weight is 367 g/mol. The molecule has 0 spiro atoms. The highest BCUT2D eigenvalue weighted by molar-refractivity contribution is 5.97. The molecule has 0 aliphatic heterocycles. The number of carbonyl (C=O) groups is 1. The molecular weight excluding hydrogens is 340 g/mol. The molecule has 0 unspecified atom stereocenters. The van der Waals surface area contributed by atoms with Crippen molar-refractivity contribution in [1.29, 1.82) is 0 Å². The summed E-state index contributed by atoms with van der Waals surface area (Å²) in [7, 11) is 0. The molecule has 1 heterocycles. The van der Waals surface area contributed by atoms with Crippen molar-refractivity contribution in [3.8, 4) is 0 Å². The van der Waals surface area contributed by atoms with Crippen LogP contribution in [0.5, 0.6) is 0 Å². The SMILES string of the molecule is CCN[C@H](C)CNC(=O)c1ccc2c(c1)[nH]c(=O)n2C1CCCC1.Cl. The van der Waals surface area contributed by atoms with E-state index in [1.165, 1.54) is 12.8 Å². The van der Waals surface area contributed by atoms with Gasteiger partial charge in [-0.25, -0.2) is 4.79 Å². The topological polar surface area (TPSA) is 78.9 Å². The molecule has 7 heteroatoms. The number of aromatic nitrogens is 2. The van der Waals surface area contributed by atoms with Crippen molar-refractivity contribution in [1.82, 2.24) is 20.2 Å². The van der Waals surface area contributed by atoms with Crippen LogP contribution in [0.15, 0.2) is 23.0 Å². The maximum absolute atomic E-state index is 12.3. The van der Waals surface area contributed by atoms with Crippen LogP contribution >= 0.6 is 12.4 Å². The summed E-state index contributed by atoms with van der Waals surface area (Å²) in [6.07, 6.45) is 4.46. The lowest BCUT2D eigenvalue weighted by Crippen LogP contribution is -2.38. The van der Waals surface area contributed by atoms with Gasteiger partial charge in [-0.1, -0.05) is 19.8 Å². The largest absolute Gasteiger partial charge is 0.350 e. The van der Waals surface area contributed by atoms with Crippen molar-refractivity contribution in [3.63, 3.8) is 0 Å². The minimum absolute atomic E-state index is 0. The van der Waals surface area contributed by atoms with Gasteiger partial charge in [0.15, 0.2) is 0 Å². The Morgan fingerprint density at radius 1 is 1.36 bits per heavy atom. The third-order valence-corrected chi connectivity index (χ3v) is 4.79. The zero-order valence-corrected chi connectivity index (χ0v) is 15.6. The normalized spacial score (nSPS) is 15.9. The third kappa shape index (κ3) is 4.25. The van der Waals surface area contributed by atoms with E-state index >= 15 is 0 Å². The molecule has 3 rings (SSSR count). The quantitative estimate of drug-likeness (QED) is 0.735. The van der Waals surface area contributed by atoms with E-state index < -0.39 is 0 Å². The number of benzene rings is 1. The smallest absolute Gasteiger partial charge is 0.326 e. The molecule has 0 bridgehead atoms. The first kappa shape index (κ1) is 19.5. The van der Waals surface area contributed by atoms with Crippen molar-refractivity contribution >= 4 is 29.3 Å². The molecule has 1 aromatic heterocycles. The van der Waals surface area contributed by atoms with Crippen LogP contribution < -0.4 is 16.3 Å². The Morgan fingerprint density at radius 2 is 2.08 bits per heavy atom. The summed E-state index contributed by atoms with van der Waals surface area (Å²) in [5, 5.41) is 6.18. The number of halogens is 1. The molecule has 0 radical (unpaired) electrons. The van der Waals surface area contributed by atoms with Crippen molar-refractivity contribution in [3.05, 3.63) is 34.2 Å². The van der Waals surface area contributed by atoms with Gasteiger partial charge in [-0.05, 0) is 44.5 Å². The second kappa shape index (κ2) is 8.54. The molecule has 1 atom stereocenters. The molecule has 1 aromatic carbocycles. The molecule has 0 saturated heterocycles. The van der Waals surface area contributed by atoms with Crippen molar-refractivity contribution in [2.24, 2.45) is 0 Å². The molecule has 6 nitrogen and oxygen atoms in total. The number of carbonyl (C=O) groups excluding carboxylic acids is 1. The first-order valence-electron chi connectivity index (χ1n) is 8.86. The van der Waals surface area contributed by atoms with Crippen LogP contribution in [0.2, 0.25) is 0 Å². The lowest BCUT2D eigenvalue weighted by molar-refractivity contribution is 0.0950.